The first kappa shape index (κ1) is 18.7. The Balaban J connectivity index is 0.00000132. The Hall–Kier alpha value is -2.36. The lowest BCUT2D eigenvalue weighted by Crippen LogP contribution is -1.93. The molecule has 0 amide bonds. The Morgan fingerprint density at radius 1 is 0.652 bits per heavy atom. The Morgan fingerprint density at radius 3 is 1.91 bits per heavy atom. The van der Waals surface area contributed by atoms with Crippen LogP contribution in [0.4, 0.5) is 11.4 Å². The molecule has 3 rings (SSSR count). The summed E-state index contributed by atoms with van der Waals surface area (Å²) in [5.41, 5.74) is 15.2. The first-order chi connectivity index (χ1) is 10.2. The molecular weight excluding hydrogens is 331 g/mol. The fourth-order valence-electron chi connectivity index (χ4n) is 2.15. The molecular formula is C18H18Cl2N2O. The van der Waals surface area contributed by atoms with Gasteiger partial charge in [0.2, 0.25) is 0 Å². The van der Waals surface area contributed by atoms with Crippen LogP contribution in [-0.2, 0) is 0 Å². The Morgan fingerprint density at radius 2 is 1.26 bits per heavy atom. The van der Waals surface area contributed by atoms with E-state index in [4.69, 9.17) is 16.2 Å². The summed E-state index contributed by atoms with van der Waals surface area (Å²) in [4.78, 5) is 0. The molecule has 5 heteroatoms. The van der Waals surface area contributed by atoms with Crippen molar-refractivity contribution < 1.29 is 4.74 Å². The minimum Gasteiger partial charge on any atom is -0.457 e. The van der Waals surface area contributed by atoms with Gasteiger partial charge in [-0.15, -0.1) is 24.8 Å². The van der Waals surface area contributed by atoms with Gasteiger partial charge < -0.3 is 16.2 Å². The summed E-state index contributed by atoms with van der Waals surface area (Å²) >= 11 is 0. The Bertz CT molecular complexity index is 747. The zero-order chi connectivity index (χ0) is 14.7. The Kier molecular flexibility index (Phi) is 6.76. The summed E-state index contributed by atoms with van der Waals surface area (Å²) in [6.45, 7) is 0. The van der Waals surface area contributed by atoms with Crippen molar-refractivity contribution in [3.8, 4) is 22.6 Å². The SMILES string of the molecule is Cl.Cl.Nc1ccc(N)c(-c2ccc(Oc3ccccc3)cc2)c1. The van der Waals surface area contributed by atoms with Gasteiger partial charge in [-0.2, -0.15) is 0 Å². The first-order valence-corrected chi connectivity index (χ1v) is 6.71. The number of nitrogens with two attached hydrogens (primary N) is 2. The van der Waals surface area contributed by atoms with Gasteiger partial charge in [0.1, 0.15) is 11.5 Å². The number of rotatable bonds is 3. The molecule has 0 atom stereocenters. The van der Waals surface area contributed by atoms with Crippen LogP contribution >= 0.6 is 24.8 Å². The van der Waals surface area contributed by atoms with Crippen LogP contribution in [0.2, 0.25) is 0 Å². The summed E-state index contributed by atoms with van der Waals surface area (Å²) in [6.07, 6.45) is 0. The smallest absolute Gasteiger partial charge is 0.127 e. The number of hydrogen-bond donors (Lipinski definition) is 2. The molecule has 3 aromatic carbocycles. The topological polar surface area (TPSA) is 61.3 Å². The number of ether oxygens (including phenoxy) is 1. The minimum absolute atomic E-state index is 0. The fourth-order valence-corrected chi connectivity index (χ4v) is 2.15. The van der Waals surface area contributed by atoms with Crippen LogP contribution in [0.3, 0.4) is 0 Å². The molecule has 3 aromatic rings. The molecule has 0 spiro atoms. The van der Waals surface area contributed by atoms with E-state index in [1.807, 2.05) is 66.7 Å². The van der Waals surface area contributed by atoms with Crippen LogP contribution in [0.1, 0.15) is 0 Å². The lowest BCUT2D eigenvalue weighted by atomic mass is 10.0. The highest BCUT2D eigenvalue weighted by Crippen LogP contribution is 2.30. The van der Waals surface area contributed by atoms with Crippen molar-refractivity contribution in [1.82, 2.24) is 0 Å². The highest BCUT2D eigenvalue weighted by atomic mass is 35.5. The highest BCUT2D eigenvalue weighted by Gasteiger charge is 2.04. The average molecular weight is 349 g/mol. The molecule has 0 aliphatic rings. The van der Waals surface area contributed by atoms with E-state index in [9.17, 15) is 0 Å². The molecule has 0 bridgehead atoms. The zero-order valence-electron chi connectivity index (χ0n) is 12.3. The van der Waals surface area contributed by atoms with E-state index in [-0.39, 0.29) is 24.8 Å². The molecule has 0 aliphatic carbocycles. The highest BCUT2D eigenvalue weighted by molar-refractivity contribution is 5.85. The Labute approximate surface area is 148 Å². The van der Waals surface area contributed by atoms with Crippen LogP contribution in [-0.4, -0.2) is 0 Å². The third kappa shape index (κ3) is 4.55. The van der Waals surface area contributed by atoms with Gasteiger partial charge >= 0.3 is 0 Å². The van der Waals surface area contributed by atoms with E-state index in [0.29, 0.717) is 11.4 Å². The fraction of sp³-hybridized carbons (Fsp3) is 0. The molecule has 0 fully saturated rings. The molecule has 0 saturated heterocycles. The second kappa shape index (κ2) is 8.32. The summed E-state index contributed by atoms with van der Waals surface area (Å²) in [6, 6.07) is 23.0. The van der Waals surface area contributed by atoms with Crippen LogP contribution in [0.5, 0.6) is 11.5 Å². The minimum atomic E-state index is 0. The monoisotopic (exact) mass is 348 g/mol. The number of para-hydroxylation sites is 1. The first-order valence-electron chi connectivity index (χ1n) is 6.71. The van der Waals surface area contributed by atoms with Gasteiger partial charge in [0.15, 0.2) is 0 Å². The van der Waals surface area contributed by atoms with E-state index in [1.165, 1.54) is 0 Å². The van der Waals surface area contributed by atoms with E-state index in [2.05, 4.69) is 0 Å². The number of anilines is 2. The van der Waals surface area contributed by atoms with Gasteiger partial charge in [-0.25, -0.2) is 0 Å². The van der Waals surface area contributed by atoms with Crippen LogP contribution in [0.25, 0.3) is 11.1 Å². The molecule has 23 heavy (non-hydrogen) atoms. The van der Waals surface area contributed by atoms with Crippen molar-refractivity contribution in [3.05, 3.63) is 72.8 Å². The average Bonchev–Trinajstić information content (AvgIpc) is 2.52. The maximum Gasteiger partial charge on any atom is 0.127 e. The molecule has 3 nitrogen and oxygen atoms in total. The van der Waals surface area contributed by atoms with E-state index >= 15 is 0 Å². The third-order valence-electron chi connectivity index (χ3n) is 3.22. The second-order valence-electron chi connectivity index (χ2n) is 4.79. The van der Waals surface area contributed by atoms with Gasteiger partial charge in [0.25, 0.3) is 0 Å². The standard InChI is InChI=1S/C18H16N2O.2ClH/c19-14-8-11-18(20)17(12-14)13-6-9-16(10-7-13)21-15-4-2-1-3-5-15;;/h1-12H,19-20H2;2*1H. The van der Waals surface area contributed by atoms with Gasteiger partial charge in [-0.05, 0) is 48.0 Å². The molecule has 0 unspecified atom stereocenters. The molecule has 0 heterocycles. The van der Waals surface area contributed by atoms with E-state index in [1.54, 1.807) is 6.07 Å². The third-order valence-corrected chi connectivity index (χ3v) is 3.22. The maximum atomic E-state index is 6.00. The van der Waals surface area contributed by atoms with Crippen molar-refractivity contribution >= 4 is 36.2 Å². The summed E-state index contributed by atoms with van der Waals surface area (Å²) < 4.78 is 5.77. The second-order valence-corrected chi connectivity index (χ2v) is 4.79. The van der Waals surface area contributed by atoms with Gasteiger partial charge in [-0.3, -0.25) is 0 Å². The zero-order valence-corrected chi connectivity index (χ0v) is 13.9. The summed E-state index contributed by atoms with van der Waals surface area (Å²) in [5.74, 6) is 1.60. The van der Waals surface area contributed by atoms with E-state index < -0.39 is 0 Å². The molecule has 4 N–H and O–H groups in total. The molecule has 0 aliphatic heterocycles. The number of halogens is 2. The summed E-state index contributed by atoms with van der Waals surface area (Å²) in [5, 5.41) is 0. The van der Waals surface area contributed by atoms with Crippen LogP contribution < -0.4 is 16.2 Å². The predicted octanol–water partition coefficient (Wildman–Crippen LogP) is 5.15. The number of benzene rings is 3. The van der Waals surface area contributed by atoms with Crippen molar-refractivity contribution in [1.29, 1.82) is 0 Å². The van der Waals surface area contributed by atoms with Gasteiger partial charge in [0.05, 0.1) is 0 Å². The molecule has 120 valence electrons. The maximum absolute atomic E-state index is 6.00. The van der Waals surface area contributed by atoms with Crippen molar-refractivity contribution in [2.45, 2.75) is 0 Å². The number of hydrogen-bond acceptors (Lipinski definition) is 3. The predicted molar refractivity (Wildman–Crippen MR) is 102 cm³/mol. The largest absolute Gasteiger partial charge is 0.457 e. The van der Waals surface area contributed by atoms with Crippen molar-refractivity contribution in [2.24, 2.45) is 0 Å². The van der Waals surface area contributed by atoms with E-state index in [0.717, 1.165) is 22.6 Å². The van der Waals surface area contributed by atoms with Gasteiger partial charge in [-0.1, -0.05) is 30.3 Å². The lowest BCUT2D eigenvalue weighted by Gasteiger charge is -2.09. The molecule has 0 aromatic heterocycles. The van der Waals surface area contributed by atoms with Crippen LogP contribution in [0.15, 0.2) is 72.8 Å². The van der Waals surface area contributed by atoms with Crippen LogP contribution in [0, 0.1) is 0 Å². The quantitative estimate of drug-likeness (QED) is 0.643. The molecule has 0 saturated carbocycles. The van der Waals surface area contributed by atoms with Crippen molar-refractivity contribution in [2.75, 3.05) is 11.5 Å². The number of nitrogen functional groups attached to an aromatic ring is 2. The lowest BCUT2D eigenvalue weighted by molar-refractivity contribution is 0.483. The molecule has 0 radical (unpaired) electrons. The van der Waals surface area contributed by atoms with Gasteiger partial charge in [0, 0.05) is 16.9 Å². The van der Waals surface area contributed by atoms with Crippen molar-refractivity contribution in [3.63, 3.8) is 0 Å². The summed E-state index contributed by atoms with van der Waals surface area (Å²) in [7, 11) is 0. The normalized spacial score (nSPS) is 9.39.